The molecule has 5 nitrogen and oxygen atoms in total. The van der Waals surface area contributed by atoms with E-state index in [0.29, 0.717) is 0 Å². The molecule has 2 heterocycles. The number of nitrogens with zero attached hydrogens (tertiary/aromatic N) is 1. The monoisotopic (exact) mass is 575 g/mol. The van der Waals surface area contributed by atoms with Crippen LogP contribution >= 0.6 is 11.8 Å². The van der Waals surface area contributed by atoms with E-state index in [-0.39, 0.29) is 44.5 Å². The summed E-state index contributed by atoms with van der Waals surface area (Å²) >= 11 is 0.963. The third kappa shape index (κ3) is 5.33. The van der Waals surface area contributed by atoms with Crippen LogP contribution in [0.3, 0.4) is 0 Å². The minimum absolute atomic E-state index is 0.0635. The van der Waals surface area contributed by atoms with Crippen molar-refractivity contribution in [2.45, 2.75) is 30.6 Å². The van der Waals surface area contributed by atoms with Crippen LogP contribution in [0, 0.1) is 18.6 Å². The summed E-state index contributed by atoms with van der Waals surface area (Å²) in [4.78, 5) is 25.6. The molecule has 1 aliphatic rings. The molecule has 1 N–H and O–H groups in total. The van der Waals surface area contributed by atoms with E-state index in [1.54, 1.807) is 0 Å². The van der Waals surface area contributed by atoms with E-state index in [1.165, 1.54) is 37.3 Å². The molecule has 0 amide bonds. The summed E-state index contributed by atoms with van der Waals surface area (Å²) in [6.07, 6.45) is -1.17. The van der Waals surface area contributed by atoms with E-state index in [0.717, 1.165) is 40.6 Å². The summed E-state index contributed by atoms with van der Waals surface area (Å²) < 4.78 is 78.0. The third-order valence-electron chi connectivity index (χ3n) is 6.42. The van der Waals surface area contributed by atoms with Gasteiger partial charge in [-0.1, -0.05) is 25.3 Å². The summed E-state index contributed by atoms with van der Waals surface area (Å²) in [5.41, 5.74) is -2.95. The molecule has 2 aromatic carbocycles. The Hall–Kier alpha value is -4.12. The van der Waals surface area contributed by atoms with Crippen molar-refractivity contribution in [3.8, 4) is 16.9 Å². The van der Waals surface area contributed by atoms with Crippen LogP contribution in [0.2, 0.25) is 0 Å². The van der Waals surface area contributed by atoms with Gasteiger partial charge in [-0.25, -0.2) is 13.6 Å². The van der Waals surface area contributed by atoms with Gasteiger partial charge in [-0.3, -0.25) is 9.36 Å². The van der Waals surface area contributed by atoms with Gasteiger partial charge in [-0.05, 0) is 54.5 Å². The number of carbonyl (C=O) groups is 1. The maximum absolute atomic E-state index is 15.5. The number of aromatic nitrogens is 1. The average Bonchev–Trinajstić information content (AvgIpc) is 3.33. The number of allylic oxidation sites excluding steroid dienone is 3. The zero-order valence-corrected chi connectivity index (χ0v) is 21.8. The van der Waals surface area contributed by atoms with Crippen LogP contribution in [-0.2, 0) is 17.4 Å². The number of alkyl halides is 3. The molecule has 0 saturated carbocycles. The standard InChI is InChI=1S/C29H22F5NO4S/c1-4-7-16(5-2)39-17-10-11-18(23(31)12-17)25-15(3)19(27-35(26(25)36)24(14-40-27)28(37)38)13-20-21(29(32,33)34)8-6-9-22(20)30/h4-12,24H,1-2,13-14H2,3H3,(H,37,38)/b16-7+. The number of rotatable bonds is 8. The molecule has 1 atom stereocenters. The van der Waals surface area contributed by atoms with E-state index in [9.17, 15) is 32.3 Å². The molecule has 0 fully saturated rings. The zero-order chi connectivity index (χ0) is 29.4. The first-order chi connectivity index (χ1) is 18.9. The highest BCUT2D eigenvalue weighted by Crippen LogP contribution is 2.42. The van der Waals surface area contributed by atoms with Gasteiger partial charge in [0.25, 0.3) is 5.56 Å². The molecular formula is C29H22F5NO4S. The van der Waals surface area contributed by atoms with E-state index in [1.807, 2.05) is 0 Å². The summed E-state index contributed by atoms with van der Waals surface area (Å²) in [5, 5.41) is 9.84. The number of fused-ring (bicyclic) bond motifs is 1. The van der Waals surface area contributed by atoms with Gasteiger partial charge in [-0.2, -0.15) is 13.2 Å². The fourth-order valence-electron chi connectivity index (χ4n) is 4.55. The number of hydrogen-bond acceptors (Lipinski definition) is 4. The lowest BCUT2D eigenvalue weighted by molar-refractivity contribution is -0.140. The summed E-state index contributed by atoms with van der Waals surface area (Å²) in [6.45, 7) is 8.55. The molecule has 1 aromatic heterocycles. The van der Waals surface area contributed by atoms with Gasteiger partial charge in [0.05, 0.1) is 16.2 Å². The van der Waals surface area contributed by atoms with Gasteiger partial charge >= 0.3 is 12.1 Å². The van der Waals surface area contributed by atoms with E-state index < -0.39 is 52.9 Å². The lowest BCUT2D eigenvalue weighted by Crippen LogP contribution is -2.31. The normalized spacial score (nSPS) is 15.1. The van der Waals surface area contributed by atoms with Crippen LogP contribution in [0.4, 0.5) is 22.0 Å². The molecule has 0 aliphatic carbocycles. The van der Waals surface area contributed by atoms with E-state index in [2.05, 4.69) is 13.2 Å². The van der Waals surface area contributed by atoms with E-state index in [4.69, 9.17) is 4.74 Å². The van der Waals surface area contributed by atoms with Crippen molar-refractivity contribution in [1.82, 2.24) is 4.57 Å². The summed E-state index contributed by atoms with van der Waals surface area (Å²) in [5.74, 6) is -3.11. The van der Waals surface area contributed by atoms with Crippen molar-refractivity contribution in [1.29, 1.82) is 0 Å². The number of pyridine rings is 1. The first-order valence-corrected chi connectivity index (χ1v) is 12.8. The fraction of sp³-hybridized carbons (Fsp3) is 0.172. The Morgan fingerprint density at radius 3 is 2.50 bits per heavy atom. The van der Waals surface area contributed by atoms with Crippen molar-refractivity contribution in [3.63, 3.8) is 0 Å². The van der Waals surface area contributed by atoms with Gasteiger partial charge in [0.2, 0.25) is 0 Å². The Morgan fingerprint density at radius 2 is 1.90 bits per heavy atom. The minimum atomic E-state index is -4.87. The van der Waals surface area contributed by atoms with Crippen LogP contribution in [0.1, 0.15) is 28.3 Å². The van der Waals surface area contributed by atoms with Gasteiger partial charge in [0.1, 0.15) is 29.2 Å². The number of ether oxygens (including phenoxy) is 1. The average molecular weight is 576 g/mol. The van der Waals surface area contributed by atoms with Gasteiger partial charge in [0.15, 0.2) is 0 Å². The first-order valence-electron chi connectivity index (χ1n) is 11.8. The minimum Gasteiger partial charge on any atom is -0.480 e. The number of carboxylic acid groups (broad SMARTS) is 1. The van der Waals surface area contributed by atoms with Crippen molar-refractivity contribution in [2.24, 2.45) is 0 Å². The van der Waals surface area contributed by atoms with E-state index >= 15 is 4.39 Å². The highest BCUT2D eigenvalue weighted by Gasteiger charge is 2.38. The Labute approximate surface area is 229 Å². The molecule has 208 valence electrons. The second-order valence-corrected chi connectivity index (χ2v) is 9.83. The second kappa shape index (κ2) is 11.2. The quantitative estimate of drug-likeness (QED) is 0.177. The lowest BCUT2D eigenvalue weighted by Gasteiger charge is -2.21. The Bertz CT molecular complexity index is 1620. The topological polar surface area (TPSA) is 68.5 Å². The van der Waals surface area contributed by atoms with Gasteiger partial charge in [-0.15, -0.1) is 11.8 Å². The maximum atomic E-state index is 15.5. The molecule has 0 bridgehead atoms. The van der Waals surface area contributed by atoms with Crippen molar-refractivity contribution < 1.29 is 36.6 Å². The largest absolute Gasteiger partial charge is 0.480 e. The second-order valence-electron chi connectivity index (χ2n) is 8.82. The molecule has 1 unspecified atom stereocenters. The lowest BCUT2D eigenvalue weighted by atomic mass is 9.92. The molecular weight excluding hydrogens is 553 g/mol. The fourth-order valence-corrected chi connectivity index (χ4v) is 5.90. The zero-order valence-electron chi connectivity index (χ0n) is 21.0. The number of hydrogen-bond donors (Lipinski definition) is 1. The number of carboxylic acids is 1. The molecule has 11 heteroatoms. The van der Waals surface area contributed by atoms with Crippen LogP contribution < -0.4 is 10.3 Å². The van der Waals surface area contributed by atoms with Gasteiger partial charge < -0.3 is 9.84 Å². The predicted molar refractivity (Wildman–Crippen MR) is 142 cm³/mol. The number of thioether (sulfide) groups is 1. The Balaban J connectivity index is 1.95. The van der Waals surface area contributed by atoms with Crippen LogP contribution in [-0.4, -0.2) is 21.4 Å². The number of aliphatic carboxylic acids is 1. The van der Waals surface area contributed by atoms with Crippen molar-refractivity contribution in [2.75, 3.05) is 5.75 Å². The first kappa shape index (κ1) is 28.9. The SMILES string of the molecule is C=C/C=C(\C=C)Oc1ccc(-c2c(C)c(Cc3c(F)cccc3C(F)(F)F)c3n(c2=O)C(C(=O)O)CS3)c(F)c1. The summed E-state index contributed by atoms with van der Waals surface area (Å²) in [7, 11) is 0. The molecule has 0 spiro atoms. The molecule has 0 radical (unpaired) electrons. The van der Waals surface area contributed by atoms with Crippen molar-refractivity contribution >= 4 is 17.7 Å². The number of halogens is 5. The third-order valence-corrected chi connectivity index (χ3v) is 7.62. The predicted octanol–water partition coefficient (Wildman–Crippen LogP) is 7.08. The Morgan fingerprint density at radius 1 is 1.18 bits per heavy atom. The highest BCUT2D eigenvalue weighted by atomic mass is 32.2. The van der Waals surface area contributed by atoms with Crippen LogP contribution in [0.25, 0.3) is 11.1 Å². The molecule has 3 aromatic rings. The van der Waals surface area contributed by atoms with Crippen LogP contribution in [0.5, 0.6) is 5.75 Å². The smallest absolute Gasteiger partial charge is 0.416 e. The van der Waals surface area contributed by atoms with Crippen LogP contribution in [0.15, 0.2) is 83.4 Å². The van der Waals surface area contributed by atoms with Crippen molar-refractivity contribution in [3.05, 3.63) is 118 Å². The molecule has 4 rings (SSSR count). The highest BCUT2D eigenvalue weighted by molar-refractivity contribution is 7.99. The maximum Gasteiger partial charge on any atom is 0.416 e. The number of benzene rings is 2. The Kier molecular flexibility index (Phi) is 8.06. The molecule has 40 heavy (non-hydrogen) atoms. The van der Waals surface area contributed by atoms with Gasteiger partial charge in [0, 0.05) is 29.4 Å². The summed E-state index contributed by atoms with van der Waals surface area (Å²) in [6, 6.07) is 4.86. The molecule has 1 aliphatic heterocycles. The molecule has 0 saturated heterocycles.